The van der Waals surface area contributed by atoms with E-state index in [4.69, 9.17) is 10.00 Å². The number of hydrogen-bond donors (Lipinski definition) is 0. The van der Waals surface area contributed by atoms with Crippen LogP contribution in [0.4, 0.5) is 5.69 Å². The molecule has 0 amide bonds. The summed E-state index contributed by atoms with van der Waals surface area (Å²) in [6.07, 6.45) is -0.328. The van der Waals surface area contributed by atoms with Gasteiger partial charge in [0.1, 0.15) is 0 Å². The molecular weight excluding hydrogens is 348 g/mol. The number of halogens is 2. The minimum atomic E-state index is -0.328. The predicted molar refractivity (Wildman–Crippen MR) is 74.3 cm³/mol. The summed E-state index contributed by atoms with van der Waals surface area (Å²) in [5, 5.41) is 9.73. The van der Waals surface area contributed by atoms with Crippen molar-refractivity contribution in [3.8, 4) is 6.07 Å². The van der Waals surface area contributed by atoms with Crippen LogP contribution in [0.15, 0.2) is 22.7 Å². The fourth-order valence-electron chi connectivity index (χ4n) is 1.89. The van der Waals surface area contributed by atoms with Crippen molar-refractivity contribution in [2.24, 2.45) is 0 Å². The Kier molecular flexibility index (Phi) is 4.43. The molecule has 1 saturated heterocycles. The van der Waals surface area contributed by atoms with Crippen LogP contribution in [-0.2, 0) is 10.1 Å². The first kappa shape index (κ1) is 12.9. The molecule has 1 fully saturated rings. The average Bonchev–Trinajstić information content (AvgIpc) is 2.39. The van der Waals surface area contributed by atoms with Crippen molar-refractivity contribution in [3.63, 3.8) is 0 Å². The van der Waals surface area contributed by atoms with Crippen LogP contribution in [-0.4, -0.2) is 25.8 Å². The SMILES string of the molecule is N#CC1CN(c2cc(Br)ccc2CBr)CCO1. The van der Waals surface area contributed by atoms with E-state index in [0.717, 1.165) is 16.3 Å². The molecule has 90 valence electrons. The third kappa shape index (κ3) is 3.01. The minimum absolute atomic E-state index is 0.328. The molecule has 3 nitrogen and oxygen atoms in total. The summed E-state index contributed by atoms with van der Waals surface area (Å²) in [7, 11) is 0. The largest absolute Gasteiger partial charge is 0.365 e. The first-order valence-corrected chi connectivity index (χ1v) is 7.26. The smallest absolute Gasteiger partial charge is 0.161 e. The van der Waals surface area contributed by atoms with Gasteiger partial charge in [-0.05, 0) is 17.7 Å². The Morgan fingerprint density at radius 2 is 2.35 bits per heavy atom. The summed E-state index contributed by atoms with van der Waals surface area (Å²) in [6.45, 7) is 2.06. The van der Waals surface area contributed by atoms with Gasteiger partial charge in [-0.15, -0.1) is 0 Å². The maximum absolute atomic E-state index is 8.92. The number of hydrogen-bond acceptors (Lipinski definition) is 3. The summed E-state index contributed by atoms with van der Waals surface area (Å²) < 4.78 is 6.41. The van der Waals surface area contributed by atoms with Crippen LogP contribution < -0.4 is 4.90 Å². The maximum atomic E-state index is 8.92. The van der Waals surface area contributed by atoms with E-state index in [-0.39, 0.29) is 6.10 Å². The summed E-state index contributed by atoms with van der Waals surface area (Å²) in [6, 6.07) is 8.38. The summed E-state index contributed by atoms with van der Waals surface area (Å²) in [5.41, 5.74) is 2.39. The lowest BCUT2D eigenvalue weighted by atomic mass is 10.1. The highest BCUT2D eigenvalue weighted by molar-refractivity contribution is 9.10. The lowest BCUT2D eigenvalue weighted by Crippen LogP contribution is -2.42. The summed E-state index contributed by atoms with van der Waals surface area (Å²) in [5.74, 6) is 0. The van der Waals surface area contributed by atoms with E-state index in [1.807, 2.05) is 6.07 Å². The predicted octanol–water partition coefficient (Wildman–Crippen LogP) is 3.07. The van der Waals surface area contributed by atoms with Crippen molar-refractivity contribution in [2.75, 3.05) is 24.6 Å². The normalized spacial score (nSPS) is 20.1. The molecule has 5 heteroatoms. The molecule has 1 aromatic carbocycles. The number of nitriles is 1. The second-order valence-corrected chi connectivity index (χ2v) is 5.32. The monoisotopic (exact) mass is 358 g/mol. The maximum Gasteiger partial charge on any atom is 0.161 e. The summed E-state index contributed by atoms with van der Waals surface area (Å²) in [4.78, 5) is 2.21. The zero-order valence-electron chi connectivity index (χ0n) is 9.20. The molecule has 0 saturated carbocycles. The first-order valence-electron chi connectivity index (χ1n) is 5.35. The zero-order chi connectivity index (χ0) is 12.3. The van der Waals surface area contributed by atoms with Crippen molar-refractivity contribution < 1.29 is 4.74 Å². The second kappa shape index (κ2) is 5.85. The van der Waals surface area contributed by atoms with Gasteiger partial charge in [0.05, 0.1) is 19.2 Å². The van der Waals surface area contributed by atoms with Crippen LogP contribution in [0.5, 0.6) is 0 Å². The number of benzene rings is 1. The van der Waals surface area contributed by atoms with Crippen molar-refractivity contribution >= 4 is 37.5 Å². The topological polar surface area (TPSA) is 36.3 Å². The molecular formula is C12H12Br2N2O. The van der Waals surface area contributed by atoms with Gasteiger partial charge in [-0.2, -0.15) is 5.26 Å². The molecule has 1 aliphatic rings. The van der Waals surface area contributed by atoms with Gasteiger partial charge in [-0.3, -0.25) is 0 Å². The van der Waals surface area contributed by atoms with Gasteiger partial charge in [-0.1, -0.05) is 37.9 Å². The second-order valence-electron chi connectivity index (χ2n) is 3.84. The lowest BCUT2D eigenvalue weighted by molar-refractivity contribution is 0.0764. The molecule has 2 rings (SSSR count). The van der Waals surface area contributed by atoms with Crippen LogP contribution >= 0.6 is 31.9 Å². The standard InChI is InChI=1S/C12H12Br2N2O/c13-6-9-1-2-10(14)5-12(9)16-3-4-17-11(7-15)8-16/h1-2,5,11H,3-4,6,8H2. The van der Waals surface area contributed by atoms with E-state index < -0.39 is 0 Å². The van der Waals surface area contributed by atoms with Gasteiger partial charge >= 0.3 is 0 Å². The van der Waals surface area contributed by atoms with Gasteiger partial charge in [0, 0.05) is 22.0 Å². The molecule has 0 bridgehead atoms. The Morgan fingerprint density at radius 1 is 1.53 bits per heavy atom. The number of ether oxygens (including phenoxy) is 1. The van der Waals surface area contributed by atoms with Gasteiger partial charge in [0.25, 0.3) is 0 Å². The van der Waals surface area contributed by atoms with E-state index in [1.165, 1.54) is 11.3 Å². The third-order valence-electron chi connectivity index (χ3n) is 2.74. The molecule has 1 heterocycles. The van der Waals surface area contributed by atoms with Gasteiger partial charge in [0.15, 0.2) is 6.10 Å². The van der Waals surface area contributed by atoms with Crippen LogP contribution in [0, 0.1) is 11.3 Å². The van der Waals surface area contributed by atoms with E-state index in [2.05, 4.69) is 55.0 Å². The van der Waals surface area contributed by atoms with E-state index >= 15 is 0 Å². The Morgan fingerprint density at radius 3 is 3.06 bits per heavy atom. The number of morpholine rings is 1. The molecule has 1 aromatic rings. The van der Waals surface area contributed by atoms with Gasteiger partial charge < -0.3 is 9.64 Å². The van der Waals surface area contributed by atoms with E-state index in [1.54, 1.807) is 0 Å². The molecule has 0 aliphatic carbocycles. The average molecular weight is 360 g/mol. The highest BCUT2D eigenvalue weighted by Gasteiger charge is 2.21. The number of nitrogens with zero attached hydrogens (tertiary/aromatic N) is 2. The molecule has 17 heavy (non-hydrogen) atoms. The van der Waals surface area contributed by atoms with Crippen molar-refractivity contribution in [1.29, 1.82) is 5.26 Å². The van der Waals surface area contributed by atoms with Crippen molar-refractivity contribution in [1.82, 2.24) is 0 Å². The van der Waals surface area contributed by atoms with Gasteiger partial charge in [-0.25, -0.2) is 0 Å². The number of anilines is 1. The molecule has 0 spiro atoms. The Hall–Kier alpha value is -0.570. The zero-order valence-corrected chi connectivity index (χ0v) is 12.4. The minimum Gasteiger partial charge on any atom is -0.365 e. The molecule has 0 aromatic heterocycles. The van der Waals surface area contributed by atoms with E-state index in [0.29, 0.717) is 13.2 Å². The molecule has 1 aliphatic heterocycles. The van der Waals surface area contributed by atoms with E-state index in [9.17, 15) is 0 Å². The van der Waals surface area contributed by atoms with Crippen LogP contribution in [0.25, 0.3) is 0 Å². The van der Waals surface area contributed by atoms with Crippen LogP contribution in [0.2, 0.25) is 0 Å². The summed E-state index contributed by atoms with van der Waals surface area (Å²) >= 11 is 6.98. The van der Waals surface area contributed by atoms with Crippen LogP contribution in [0.1, 0.15) is 5.56 Å². The van der Waals surface area contributed by atoms with Crippen molar-refractivity contribution in [3.05, 3.63) is 28.2 Å². The number of alkyl halides is 1. The Balaban J connectivity index is 2.26. The molecule has 1 unspecified atom stereocenters. The van der Waals surface area contributed by atoms with Gasteiger partial charge in [0.2, 0.25) is 0 Å². The highest BCUT2D eigenvalue weighted by Crippen LogP contribution is 2.28. The molecule has 0 radical (unpaired) electrons. The van der Waals surface area contributed by atoms with Crippen LogP contribution in [0.3, 0.4) is 0 Å². The fraction of sp³-hybridized carbons (Fsp3) is 0.417. The Labute approximate surface area is 118 Å². The molecule has 0 N–H and O–H groups in total. The first-order chi connectivity index (χ1) is 8.24. The number of rotatable bonds is 2. The fourth-order valence-corrected chi connectivity index (χ4v) is 2.71. The quantitative estimate of drug-likeness (QED) is 0.761. The molecule has 1 atom stereocenters. The lowest BCUT2D eigenvalue weighted by Gasteiger charge is -2.33. The Bertz CT molecular complexity index is 445. The third-order valence-corrected chi connectivity index (χ3v) is 3.84. The van der Waals surface area contributed by atoms with Crippen molar-refractivity contribution in [2.45, 2.75) is 11.4 Å². The highest BCUT2D eigenvalue weighted by atomic mass is 79.9.